The second kappa shape index (κ2) is 7.37. The summed E-state index contributed by atoms with van der Waals surface area (Å²) in [5.41, 5.74) is -0.463. The Balaban J connectivity index is 1.66. The molecule has 0 saturated carbocycles. The third-order valence-corrected chi connectivity index (χ3v) is 4.19. The average Bonchev–Trinajstić information content (AvgIpc) is 3.15. The third kappa shape index (κ3) is 3.81. The first-order valence-electron chi connectivity index (χ1n) is 8.20. The van der Waals surface area contributed by atoms with Gasteiger partial charge in [-0.3, -0.25) is 19.7 Å². The van der Waals surface area contributed by atoms with Crippen molar-refractivity contribution in [3.05, 3.63) is 27.8 Å². The van der Waals surface area contributed by atoms with Crippen molar-refractivity contribution >= 4 is 17.5 Å². The molecular weight excluding hydrogens is 330 g/mol. The van der Waals surface area contributed by atoms with Crippen LogP contribution < -0.4 is 14.8 Å². The maximum absolute atomic E-state index is 12.3. The molecule has 2 heterocycles. The lowest BCUT2D eigenvalue weighted by Crippen LogP contribution is -2.33. The summed E-state index contributed by atoms with van der Waals surface area (Å²) in [5.74, 6) is -0.0822. The first kappa shape index (κ1) is 17.0. The molecule has 0 atom stereocenters. The Hall–Kier alpha value is -2.84. The highest BCUT2D eigenvalue weighted by Gasteiger charge is 2.26. The van der Waals surface area contributed by atoms with Crippen LogP contribution in [0, 0.1) is 10.1 Å². The molecule has 1 aromatic rings. The van der Waals surface area contributed by atoms with Gasteiger partial charge in [0.15, 0.2) is 11.5 Å². The summed E-state index contributed by atoms with van der Waals surface area (Å²) in [4.78, 5) is 36.6. The minimum atomic E-state index is -0.636. The van der Waals surface area contributed by atoms with Crippen molar-refractivity contribution in [1.82, 2.24) is 10.2 Å². The normalized spacial score (nSPS) is 15.8. The molecule has 134 valence electrons. The van der Waals surface area contributed by atoms with E-state index < -0.39 is 10.8 Å². The Bertz CT molecular complexity index is 699. The summed E-state index contributed by atoms with van der Waals surface area (Å²) in [6, 6.07) is 2.50. The molecule has 0 unspecified atom stereocenters. The van der Waals surface area contributed by atoms with Crippen molar-refractivity contribution < 1.29 is 24.0 Å². The van der Waals surface area contributed by atoms with Crippen LogP contribution in [0.1, 0.15) is 29.6 Å². The Morgan fingerprint density at radius 2 is 1.80 bits per heavy atom. The summed E-state index contributed by atoms with van der Waals surface area (Å²) >= 11 is 0. The van der Waals surface area contributed by atoms with Gasteiger partial charge >= 0.3 is 0 Å². The van der Waals surface area contributed by atoms with E-state index in [1.807, 2.05) is 0 Å². The van der Waals surface area contributed by atoms with Gasteiger partial charge < -0.3 is 19.7 Å². The number of carbonyl (C=O) groups excluding carboxylic acids is 2. The highest BCUT2D eigenvalue weighted by atomic mass is 16.6. The Kier molecular flexibility index (Phi) is 5.01. The van der Waals surface area contributed by atoms with Crippen LogP contribution in [-0.4, -0.2) is 54.5 Å². The Morgan fingerprint density at radius 1 is 1.16 bits per heavy atom. The predicted molar refractivity (Wildman–Crippen MR) is 86.9 cm³/mol. The van der Waals surface area contributed by atoms with Crippen LogP contribution in [0.4, 0.5) is 5.69 Å². The van der Waals surface area contributed by atoms with Crippen molar-refractivity contribution in [2.75, 3.05) is 32.8 Å². The first-order valence-corrected chi connectivity index (χ1v) is 8.20. The van der Waals surface area contributed by atoms with Gasteiger partial charge in [0.2, 0.25) is 5.91 Å². The summed E-state index contributed by atoms with van der Waals surface area (Å²) in [6.45, 7) is 2.24. The number of nitro groups is 1. The zero-order valence-electron chi connectivity index (χ0n) is 13.7. The molecular formula is C16H19N3O6. The molecule has 0 aliphatic carbocycles. The Labute approximate surface area is 144 Å². The van der Waals surface area contributed by atoms with E-state index in [4.69, 9.17) is 9.47 Å². The summed E-state index contributed by atoms with van der Waals surface area (Å²) in [7, 11) is 0. The van der Waals surface area contributed by atoms with E-state index in [0.717, 1.165) is 25.9 Å². The van der Waals surface area contributed by atoms with Crippen molar-refractivity contribution in [3.8, 4) is 11.5 Å². The zero-order chi connectivity index (χ0) is 17.8. The van der Waals surface area contributed by atoms with Crippen LogP contribution in [0.25, 0.3) is 0 Å². The lowest BCUT2D eigenvalue weighted by Gasteiger charge is -2.19. The molecule has 25 heavy (non-hydrogen) atoms. The van der Waals surface area contributed by atoms with Gasteiger partial charge in [0.1, 0.15) is 18.8 Å². The summed E-state index contributed by atoms with van der Waals surface area (Å²) in [6.07, 6.45) is 2.17. The molecule has 3 rings (SSSR count). The van der Waals surface area contributed by atoms with E-state index in [2.05, 4.69) is 5.32 Å². The number of benzene rings is 1. The SMILES string of the molecule is O=C(NCCC(=O)N1CCCC1)c1cc2c(cc1[N+](=O)[O-])OCCO2. The lowest BCUT2D eigenvalue weighted by atomic mass is 10.1. The quantitative estimate of drug-likeness (QED) is 0.630. The van der Waals surface area contributed by atoms with Crippen LogP contribution in [0.3, 0.4) is 0 Å². The standard InChI is InChI=1S/C16H19N3O6/c20-15(18-5-1-2-6-18)3-4-17-16(21)11-9-13-14(25-8-7-24-13)10-12(11)19(22)23/h9-10H,1-8H2,(H,17,21). The molecule has 2 aliphatic rings. The lowest BCUT2D eigenvalue weighted by molar-refractivity contribution is -0.385. The Morgan fingerprint density at radius 3 is 2.44 bits per heavy atom. The fraction of sp³-hybridized carbons (Fsp3) is 0.500. The highest BCUT2D eigenvalue weighted by Crippen LogP contribution is 2.36. The van der Waals surface area contributed by atoms with Crippen LogP contribution in [-0.2, 0) is 4.79 Å². The van der Waals surface area contributed by atoms with Gasteiger partial charge in [-0.1, -0.05) is 0 Å². The number of ether oxygens (including phenoxy) is 2. The van der Waals surface area contributed by atoms with Crippen LogP contribution >= 0.6 is 0 Å². The number of nitrogens with one attached hydrogen (secondary N) is 1. The second-order valence-electron chi connectivity index (χ2n) is 5.86. The molecule has 0 spiro atoms. The van der Waals surface area contributed by atoms with Crippen molar-refractivity contribution in [3.63, 3.8) is 0 Å². The van der Waals surface area contributed by atoms with Crippen molar-refractivity contribution in [2.24, 2.45) is 0 Å². The number of hydrogen-bond acceptors (Lipinski definition) is 6. The average molecular weight is 349 g/mol. The number of likely N-dealkylation sites (tertiary alicyclic amines) is 1. The maximum Gasteiger partial charge on any atom is 0.286 e. The van der Waals surface area contributed by atoms with Crippen LogP contribution in [0.5, 0.6) is 11.5 Å². The molecule has 9 nitrogen and oxygen atoms in total. The molecule has 0 radical (unpaired) electrons. The number of rotatable bonds is 5. The summed E-state index contributed by atoms with van der Waals surface area (Å²) < 4.78 is 10.7. The number of hydrogen-bond donors (Lipinski definition) is 1. The number of carbonyl (C=O) groups is 2. The van der Waals surface area contributed by atoms with E-state index in [1.165, 1.54) is 12.1 Å². The largest absolute Gasteiger partial charge is 0.486 e. The monoisotopic (exact) mass is 349 g/mol. The molecule has 0 bridgehead atoms. The smallest absolute Gasteiger partial charge is 0.286 e. The molecule has 9 heteroatoms. The molecule has 0 aromatic heterocycles. The van der Waals surface area contributed by atoms with Gasteiger partial charge in [-0.15, -0.1) is 0 Å². The van der Waals surface area contributed by atoms with E-state index in [1.54, 1.807) is 4.90 Å². The zero-order valence-corrected chi connectivity index (χ0v) is 13.7. The highest BCUT2D eigenvalue weighted by molar-refractivity contribution is 5.99. The molecule has 2 aliphatic heterocycles. The number of nitro benzene ring substituents is 1. The first-order chi connectivity index (χ1) is 12.1. The molecule has 2 amide bonds. The van der Waals surface area contributed by atoms with Gasteiger partial charge in [-0.05, 0) is 12.8 Å². The molecule has 1 N–H and O–H groups in total. The minimum absolute atomic E-state index is 0.0190. The third-order valence-electron chi connectivity index (χ3n) is 4.19. The van der Waals surface area contributed by atoms with Crippen LogP contribution in [0.2, 0.25) is 0 Å². The summed E-state index contributed by atoms with van der Waals surface area (Å²) in [5, 5.41) is 13.8. The van der Waals surface area contributed by atoms with Gasteiger partial charge in [0.25, 0.3) is 11.6 Å². The number of fused-ring (bicyclic) bond motifs is 1. The van der Waals surface area contributed by atoms with Crippen LogP contribution in [0.15, 0.2) is 12.1 Å². The van der Waals surface area contributed by atoms with Gasteiger partial charge in [0.05, 0.1) is 11.0 Å². The molecule has 1 saturated heterocycles. The fourth-order valence-electron chi connectivity index (χ4n) is 2.91. The molecule has 1 aromatic carbocycles. The minimum Gasteiger partial charge on any atom is -0.486 e. The predicted octanol–water partition coefficient (Wildman–Crippen LogP) is 1.11. The van der Waals surface area contributed by atoms with E-state index in [0.29, 0.717) is 19.0 Å². The van der Waals surface area contributed by atoms with Gasteiger partial charge in [-0.25, -0.2) is 0 Å². The number of amides is 2. The van der Waals surface area contributed by atoms with E-state index >= 15 is 0 Å². The maximum atomic E-state index is 12.3. The number of nitrogens with zero attached hydrogens (tertiary/aromatic N) is 2. The van der Waals surface area contributed by atoms with Crippen molar-refractivity contribution in [2.45, 2.75) is 19.3 Å². The van der Waals surface area contributed by atoms with Gasteiger partial charge in [0, 0.05) is 32.1 Å². The molecule has 1 fully saturated rings. The van der Waals surface area contributed by atoms with E-state index in [-0.39, 0.29) is 35.9 Å². The topological polar surface area (TPSA) is 111 Å². The second-order valence-corrected chi connectivity index (χ2v) is 5.86. The van der Waals surface area contributed by atoms with Gasteiger partial charge in [-0.2, -0.15) is 0 Å². The van der Waals surface area contributed by atoms with E-state index in [9.17, 15) is 19.7 Å². The van der Waals surface area contributed by atoms with Crippen molar-refractivity contribution in [1.29, 1.82) is 0 Å². The fourth-order valence-corrected chi connectivity index (χ4v) is 2.91.